The van der Waals surface area contributed by atoms with E-state index in [0.29, 0.717) is 13.1 Å². The molecule has 0 spiro atoms. The van der Waals surface area contributed by atoms with Gasteiger partial charge in [0, 0.05) is 19.6 Å². The molecule has 2 amide bonds. The minimum Gasteiger partial charge on any atom is -0.481 e. The van der Waals surface area contributed by atoms with Gasteiger partial charge in [-0.25, -0.2) is 9.78 Å². The zero-order valence-corrected chi connectivity index (χ0v) is 10.9. The molecule has 0 radical (unpaired) electrons. The number of nitrogens with one attached hydrogen (secondary N) is 2. The summed E-state index contributed by atoms with van der Waals surface area (Å²) in [5.74, 6) is -0.935. The zero-order chi connectivity index (χ0) is 14.4. The van der Waals surface area contributed by atoms with Crippen molar-refractivity contribution in [1.82, 2.24) is 20.2 Å². The number of carbonyl (C=O) groups excluding carboxylic acids is 1. The van der Waals surface area contributed by atoms with Gasteiger partial charge in [-0.05, 0) is 12.1 Å². The van der Waals surface area contributed by atoms with E-state index in [4.69, 9.17) is 5.11 Å². The highest BCUT2D eigenvalue weighted by Gasteiger charge is 2.03. The third kappa shape index (κ3) is 3.71. The van der Waals surface area contributed by atoms with E-state index in [1.54, 1.807) is 6.33 Å². The molecule has 2 rings (SSSR count). The zero-order valence-electron chi connectivity index (χ0n) is 10.9. The molecule has 1 aromatic heterocycles. The summed E-state index contributed by atoms with van der Waals surface area (Å²) in [6.45, 7) is 1.17. The van der Waals surface area contributed by atoms with Gasteiger partial charge in [0.15, 0.2) is 0 Å². The van der Waals surface area contributed by atoms with Gasteiger partial charge in [-0.15, -0.1) is 0 Å². The van der Waals surface area contributed by atoms with Crippen LogP contribution in [0.25, 0.3) is 11.0 Å². The lowest BCUT2D eigenvalue weighted by molar-refractivity contribution is -0.136. The minimum atomic E-state index is -0.935. The lowest BCUT2D eigenvalue weighted by Crippen LogP contribution is -2.38. The molecule has 1 aromatic carbocycles. The van der Waals surface area contributed by atoms with Crippen LogP contribution in [0.3, 0.4) is 0 Å². The number of carboxylic acids is 1. The van der Waals surface area contributed by atoms with E-state index in [0.717, 1.165) is 11.0 Å². The maximum Gasteiger partial charge on any atom is 0.314 e. The first-order valence-corrected chi connectivity index (χ1v) is 6.30. The van der Waals surface area contributed by atoms with Crippen LogP contribution in [-0.4, -0.2) is 39.7 Å². The molecule has 0 aliphatic heterocycles. The van der Waals surface area contributed by atoms with E-state index in [2.05, 4.69) is 15.6 Å². The van der Waals surface area contributed by atoms with E-state index < -0.39 is 5.97 Å². The normalized spacial score (nSPS) is 10.4. The molecule has 0 saturated carbocycles. The van der Waals surface area contributed by atoms with Gasteiger partial charge in [-0.2, -0.15) is 0 Å². The fourth-order valence-corrected chi connectivity index (χ4v) is 1.82. The Kier molecular flexibility index (Phi) is 4.54. The van der Waals surface area contributed by atoms with Crippen molar-refractivity contribution in [1.29, 1.82) is 0 Å². The molecule has 7 nitrogen and oxygen atoms in total. The summed E-state index contributed by atoms with van der Waals surface area (Å²) in [6.07, 6.45) is 1.65. The number of hydrogen-bond donors (Lipinski definition) is 3. The van der Waals surface area contributed by atoms with Gasteiger partial charge in [0.25, 0.3) is 0 Å². The molecule has 0 bridgehead atoms. The molecule has 7 heteroatoms. The summed E-state index contributed by atoms with van der Waals surface area (Å²) in [4.78, 5) is 25.9. The number of benzene rings is 1. The number of carboxylic acid groups (broad SMARTS) is 1. The molecule has 1 heterocycles. The molecule has 0 fully saturated rings. The van der Waals surface area contributed by atoms with Crippen molar-refractivity contribution in [2.24, 2.45) is 0 Å². The van der Waals surface area contributed by atoms with Crippen LogP contribution >= 0.6 is 0 Å². The maximum atomic E-state index is 11.4. The van der Waals surface area contributed by atoms with Crippen LogP contribution in [0, 0.1) is 0 Å². The summed E-state index contributed by atoms with van der Waals surface area (Å²) in [5, 5.41) is 13.6. The van der Waals surface area contributed by atoms with Crippen LogP contribution in [0.2, 0.25) is 0 Å². The lowest BCUT2D eigenvalue weighted by atomic mass is 10.3. The molecule has 0 aliphatic carbocycles. The molecular weight excluding hydrogens is 260 g/mol. The monoisotopic (exact) mass is 276 g/mol. The Morgan fingerprint density at radius 1 is 1.20 bits per heavy atom. The average Bonchev–Trinajstić information content (AvgIpc) is 2.82. The quantitative estimate of drug-likeness (QED) is 0.727. The summed E-state index contributed by atoms with van der Waals surface area (Å²) in [7, 11) is 0. The number of para-hydroxylation sites is 2. The van der Waals surface area contributed by atoms with Crippen molar-refractivity contribution < 1.29 is 14.7 Å². The number of fused-ring (bicyclic) bond motifs is 1. The van der Waals surface area contributed by atoms with Gasteiger partial charge >= 0.3 is 12.0 Å². The van der Waals surface area contributed by atoms with Gasteiger partial charge < -0.3 is 20.3 Å². The van der Waals surface area contributed by atoms with Gasteiger partial charge in [-0.1, -0.05) is 12.1 Å². The Balaban J connectivity index is 1.75. The average molecular weight is 276 g/mol. The second-order valence-electron chi connectivity index (χ2n) is 4.25. The Morgan fingerprint density at radius 2 is 1.95 bits per heavy atom. The summed E-state index contributed by atoms with van der Waals surface area (Å²) < 4.78 is 1.95. The third-order valence-corrected chi connectivity index (χ3v) is 2.79. The number of hydrogen-bond acceptors (Lipinski definition) is 3. The summed E-state index contributed by atoms with van der Waals surface area (Å²) in [6, 6.07) is 7.39. The molecule has 2 aromatic rings. The Hall–Kier alpha value is -2.57. The van der Waals surface area contributed by atoms with Crippen LogP contribution < -0.4 is 10.6 Å². The highest BCUT2D eigenvalue weighted by molar-refractivity contribution is 5.76. The fraction of sp³-hybridized carbons (Fsp3) is 0.308. The van der Waals surface area contributed by atoms with E-state index in [1.807, 2.05) is 28.8 Å². The number of nitrogens with zero attached hydrogens (tertiary/aromatic N) is 2. The SMILES string of the molecule is O=C(O)CCNC(=O)NCCn1cnc2ccccc21. The van der Waals surface area contributed by atoms with Crippen molar-refractivity contribution in [3.05, 3.63) is 30.6 Å². The van der Waals surface area contributed by atoms with E-state index in [1.165, 1.54) is 0 Å². The largest absolute Gasteiger partial charge is 0.481 e. The third-order valence-electron chi connectivity index (χ3n) is 2.79. The van der Waals surface area contributed by atoms with Gasteiger partial charge in [0.2, 0.25) is 0 Å². The van der Waals surface area contributed by atoms with E-state index >= 15 is 0 Å². The van der Waals surface area contributed by atoms with Crippen molar-refractivity contribution in [3.8, 4) is 0 Å². The second kappa shape index (κ2) is 6.55. The molecule has 0 unspecified atom stereocenters. The predicted octanol–water partition coefficient (Wildman–Crippen LogP) is 0.810. The standard InChI is InChI=1S/C13H16N4O3/c18-12(19)5-6-14-13(20)15-7-8-17-9-16-10-3-1-2-4-11(10)17/h1-4,9H,5-8H2,(H,18,19)(H2,14,15,20). The molecule has 0 atom stereocenters. The molecule has 106 valence electrons. The fourth-order valence-electron chi connectivity index (χ4n) is 1.82. The minimum absolute atomic E-state index is 0.0838. The van der Waals surface area contributed by atoms with Crippen molar-refractivity contribution in [3.63, 3.8) is 0 Å². The first-order chi connectivity index (χ1) is 9.66. The van der Waals surface area contributed by atoms with E-state index in [9.17, 15) is 9.59 Å². The smallest absolute Gasteiger partial charge is 0.314 e. The topological polar surface area (TPSA) is 96.3 Å². The van der Waals surface area contributed by atoms with E-state index in [-0.39, 0.29) is 19.0 Å². The number of carbonyl (C=O) groups is 2. The first-order valence-electron chi connectivity index (χ1n) is 6.30. The highest BCUT2D eigenvalue weighted by Crippen LogP contribution is 2.10. The van der Waals surface area contributed by atoms with Crippen LogP contribution in [-0.2, 0) is 11.3 Å². The van der Waals surface area contributed by atoms with Gasteiger partial charge in [0.1, 0.15) is 0 Å². The molecule has 0 saturated heterocycles. The number of amides is 2. The van der Waals surface area contributed by atoms with Crippen LogP contribution in [0.1, 0.15) is 6.42 Å². The molecule has 0 aliphatic rings. The Labute approximate surface area is 115 Å². The number of imidazole rings is 1. The first kappa shape index (κ1) is 13.9. The maximum absolute atomic E-state index is 11.4. The van der Waals surface area contributed by atoms with Crippen molar-refractivity contribution in [2.45, 2.75) is 13.0 Å². The van der Waals surface area contributed by atoms with Crippen molar-refractivity contribution in [2.75, 3.05) is 13.1 Å². The van der Waals surface area contributed by atoms with Gasteiger partial charge in [-0.3, -0.25) is 4.79 Å². The summed E-state index contributed by atoms with van der Waals surface area (Å²) in [5.41, 5.74) is 1.93. The molecular formula is C13H16N4O3. The number of aromatic nitrogens is 2. The number of urea groups is 1. The van der Waals surface area contributed by atoms with Crippen LogP contribution in [0.5, 0.6) is 0 Å². The number of aliphatic carboxylic acids is 1. The summed E-state index contributed by atoms with van der Waals surface area (Å²) >= 11 is 0. The molecule has 3 N–H and O–H groups in total. The van der Waals surface area contributed by atoms with Crippen molar-refractivity contribution >= 4 is 23.0 Å². The van der Waals surface area contributed by atoms with Gasteiger partial charge in [0.05, 0.1) is 23.8 Å². The Morgan fingerprint density at radius 3 is 2.75 bits per heavy atom. The Bertz CT molecular complexity index is 608. The predicted molar refractivity (Wildman–Crippen MR) is 73.4 cm³/mol. The molecule has 20 heavy (non-hydrogen) atoms. The second-order valence-corrected chi connectivity index (χ2v) is 4.25. The highest BCUT2D eigenvalue weighted by atomic mass is 16.4. The number of rotatable bonds is 6. The lowest BCUT2D eigenvalue weighted by Gasteiger charge is -2.07. The van der Waals surface area contributed by atoms with Crippen LogP contribution in [0.4, 0.5) is 4.79 Å². The van der Waals surface area contributed by atoms with Crippen LogP contribution in [0.15, 0.2) is 30.6 Å².